The topological polar surface area (TPSA) is 78.5 Å². The van der Waals surface area contributed by atoms with Gasteiger partial charge in [-0.15, -0.1) is 0 Å². The molecule has 1 saturated heterocycles. The Kier molecular flexibility index (Phi) is 5.55. The predicted molar refractivity (Wildman–Crippen MR) is 84.8 cm³/mol. The van der Waals surface area contributed by atoms with E-state index in [1.807, 2.05) is 0 Å². The summed E-state index contributed by atoms with van der Waals surface area (Å²) in [6.07, 6.45) is 1.73. The van der Waals surface area contributed by atoms with Gasteiger partial charge in [0, 0.05) is 26.6 Å². The van der Waals surface area contributed by atoms with Gasteiger partial charge in [-0.2, -0.15) is 0 Å². The van der Waals surface area contributed by atoms with Gasteiger partial charge in [-0.25, -0.2) is 12.7 Å². The maximum atomic E-state index is 12.0. The van der Waals surface area contributed by atoms with Crippen LogP contribution in [0.4, 0.5) is 0 Å². The number of hydrogen-bond donors (Lipinski definition) is 2. The van der Waals surface area contributed by atoms with Crippen molar-refractivity contribution in [2.24, 2.45) is 5.92 Å². The molecule has 0 spiro atoms. The van der Waals surface area contributed by atoms with E-state index < -0.39 is 10.0 Å². The average Bonchev–Trinajstić information content (AvgIpc) is 2.53. The first-order valence-corrected chi connectivity index (χ1v) is 8.85. The van der Waals surface area contributed by atoms with Crippen molar-refractivity contribution >= 4 is 15.9 Å². The van der Waals surface area contributed by atoms with Gasteiger partial charge in [0.1, 0.15) is 0 Å². The van der Waals surface area contributed by atoms with E-state index in [1.54, 1.807) is 24.3 Å². The lowest BCUT2D eigenvalue weighted by atomic mass is 9.97. The fraction of sp³-hybridized carbons (Fsp3) is 0.533. The number of hydrogen-bond acceptors (Lipinski definition) is 4. The number of rotatable bonds is 5. The molecule has 1 aromatic carbocycles. The lowest BCUT2D eigenvalue weighted by molar-refractivity contribution is -0.125. The zero-order chi connectivity index (χ0) is 16.2. The Morgan fingerprint density at radius 2 is 1.82 bits per heavy atom. The van der Waals surface area contributed by atoms with Crippen molar-refractivity contribution < 1.29 is 13.2 Å². The molecule has 2 N–H and O–H groups in total. The number of sulfonamides is 1. The molecular formula is C15H23N3O3S. The van der Waals surface area contributed by atoms with Gasteiger partial charge < -0.3 is 10.6 Å². The summed E-state index contributed by atoms with van der Waals surface area (Å²) >= 11 is 0. The number of benzene rings is 1. The molecule has 1 aliphatic rings. The Labute approximate surface area is 131 Å². The van der Waals surface area contributed by atoms with Gasteiger partial charge in [-0.3, -0.25) is 4.79 Å². The van der Waals surface area contributed by atoms with Crippen LogP contribution in [0.15, 0.2) is 29.2 Å². The average molecular weight is 325 g/mol. The summed E-state index contributed by atoms with van der Waals surface area (Å²) < 4.78 is 25.1. The van der Waals surface area contributed by atoms with E-state index >= 15 is 0 Å². The van der Waals surface area contributed by atoms with E-state index in [9.17, 15) is 13.2 Å². The van der Waals surface area contributed by atoms with Crippen molar-refractivity contribution in [3.8, 4) is 0 Å². The van der Waals surface area contributed by atoms with Gasteiger partial charge in [-0.1, -0.05) is 12.1 Å². The number of piperidine rings is 1. The first-order valence-electron chi connectivity index (χ1n) is 7.41. The van der Waals surface area contributed by atoms with Crippen LogP contribution < -0.4 is 10.6 Å². The van der Waals surface area contributed by atoms with Crippen LogP contribution in [0.2, 0.25) is 0 Å². The molecule has 0 unspecified atom stereocenters. The smallest absolute Gasteiger partial charge is 0.242 e. The Morgan fingerprint density at radius 1 is 1.23 bits per heavy atom. The van der Waals surface area contributed by atoms with Gasteiger partial charge >= 0.3 is 0 Å². The largest absolute Gasteiger partial charge is 0.352 e. The van der Waals surface area contributed by atoms with Crippen molar-refractivity contribution in [2.75, 3.05) is 27.2 Å². The summed E-state index contributed by atoms with van der Waals surface area (Å²) in [5.41, 5.74) is 0.889. The van der Waals surface area contributed by atoms with Crippen LogP contribution in [0.25, 0.3) is 0 Å². The summed E-state index contributed by atoms with van der Waals surface area (Å²) in [6, 6.07) is 6.61. The standard InChI is InChI=1S/C15H23N3O3S/c1-18(2)22(20,21)14-5-3-12(4-6-14)11-17-15(19)13-7-9-16-10-8-13/h3-6,13,16H,7-11H2,1-2H3,(H,17,19). The molecule has 1 aromatic rings. The van der Waals surface area contributed by atoms with Crippen LogP contribution >= 0.6 is 0 Å². The van der Waals surface area contributed by atoms with Gasteiger partial charge in [0.05, 0.1) is 4.90 Å². The number of amides is 1. The number of carbonyl (C=O) groups excluding carboxylic acids is 1. The lowest BCUT2D eigenvalue weighted by Gasteiger charge is -2.21. The highest BCUT2D eigenvalue weighted by molar-refractivity contribution is 7.89. The Morgan fingerprint density at radius 3 is 2.36 bits per heavy atom. The normalized spacial score (nSPS) is 16.7. The lowest BCUT2D eigenvalue weighted by Crippen LogP contribution is -2.37. The second-order valence-electron chi connectivity index (χ2n) is 5.67. The molecular weight excluding hydrogens is 302 g/mol. The molecule has 1 aliphatic heterocycles. The highest BCUT2D eigenvalue weighted by Crippen LogP contribution is 2.15. The molecule has 0 radical (unpaired) electrons. The minimum Gasteiger partial charge on any atom is -0.352 e. The van der Waals surface area contributed by atoms with Crippen LogP contribution in [-0.2, 0) is 21.4 Å². The van der Waals surface area contributed by atoms with Crippen LogP contribution in [0, 0.1) is 5.92 Å². The third kappa shape index (κ3) is 4.06. The van der Waals surface area contributed by atoms with Gasteiger partial charge in [0.25, 0.3) is 0 Å². The summed E-state index contributed by atoms with van der Waals surface area (Å²) in [5, 5.41) is 6.15. The molecule has 7 heteroatoms. The predicted octanol–water partition coefficient (Wildman–Crippen LogP) is 0.553. The molecule has 2 rings (SSSR count). The third-order valence-electron chi connectivity index (χ3n) is 3.88. The van der Waals surface area contributed by atoms with E-state index in [2.05, 4.69) is 10.6 Å². The van der Waals surface area contributed by atoms with E-state index in [-0.39, 0.29) is 16.7 Å². The van der Waals surface area contributed by atoms with Crippen LogP contribution in [0.1, 0.15) is 18.4 Å². The minimum atomic E-state index is -3.40. The third-order valence-corrected chi connectivity index (χ3v) is 5.71. The summed E-state index contributed by atoms with van der Waals surface area (Å²) in [5.74, 6) is 0.154. The minimum absolute atomic E-state index is 0.0755. The van der Waals surface area contributed by atoms with Gasteiger partial charge in [-0.05, 0) is 43.6 Å². The second-order valence-corrected chi connectivity index (χ2v) is 7.83. The summed E-state index contributed by atoms with van der Waals surface area (Å²) in [7, 11) is -0.398. The van der Waals surface area contributed by atoms with Gasteiger partial charge in [0.2, 0.25) is 15.9 Å². The molecule has 6 nitrogen and oxygen atoms in total. The number of carbonyl (C=O) groups is 1. The van der Waals surface area contributed by atoms with Crippen LogP contribution in [-0.4, -0.2) is 45.8 Å². The number of nitrogens with zero attached hydrogens (tertiary/aromatic N) is 1. The molecule has 22 heavy (non-hydrogen) atoms. The molecule has 0 saturated carbocycles. The highest BCUT2D eigenvalue weighted by atomic mass is 32.2. The molecule has 122 valence electrons. The first kappa shape index (κ1) is 16.9. The fourth-order valence-electron chi connectivity index (χ4n) is 2.41. The van der Waals surface area contributed by atoms with Gasteiger partial charge in [0.15, 0.2) is 0 Å². The maximum Gasteiger partial charge on any atom is 0.242 e. The zero-order valence-electron chi connectivity index (χ0n) is 13.0. The summed E-state index contributed by atoms with van der Waals surface area (Å²) in [6.45, 7) is 2.19. The SMILES string of the molecule is CN(C)S(=O)(=O)c1ccc(CNC(=O)C2CCNCC2)cc1. The maximum absolute atomic E-state index is 12.0. The van der Waals surface area contributed by atoms with E-state index in [1.165, 1.54) is 18.4 Å². The van der Waals surface area contributed by atoms with Crippen molar-refractivity contribution in [2.45, 2.75) is 24.3 Å². The van der Waals surface area contributed by atoms with Crippen molar-refractivity contribution in [1.29, 1.82) is 0 Å². The molecule has 1 amide bonds. The molecule has 1 fully saturated rings. The van der Waals surface area contributed by atoms with Crippen molar-refractivity contribution in [3.05, 3.63) is 29.8 Å². The molecule has 0 atom stereocenters. The fourth-order valence-corrected chi connectivity index (χ4v) is 3.31. The summed E-state index contributed by atoms with van der Waals surface area (Å²) in [4.78, 5) is 12.3. The van der Waals surface area contributed by atoms with E-state index in [4.69, 9.17) is 0 Å². The van der Waals surface area contributed by atoms with E-state index in [0.717, 1.165) is 31.5 Å². The Bertz CT molecular complexity index is 605. The zero-order valence-corrected chi connectivity index (χ0v) is 13.8. The highest BCUT2D eigenvalue weighted by Gasteiger charge is 2.20. The number of nitrogens with one attached hydrogen (secondary N) is 2. The van der Waals surface area contributed by atoms with Crippen LogP contribution in [0.3, 0.4) is 0 Å². The quantitative estimate of drug-likeness (QED) is 0.829. The second kappa shape index (κ2) is 7.21. The molecule has 0 aromatic heterocycles. The van der Waals surface area contributed by atoms with Crippen molar-refractivity contribution in [1.82, 2.24) is 14.9 Å². The van der Waals surface area contributed by atoms with Crippen molar-refractivity contribution in [3.63, 3.8) is 0 Å². The first-order chi connectivity index (χ1) is 10.4. The van der Waals surface area contributed by atoms with E-state index in [0.29, 0.717) is 6.54 Å². The molecule has 1 heterocycles. The Hall–Kier alpha value is -1.44. The van der Waals surface area contributed by atoms with Crippen LogP contribution in [0.5, 0.6) is 0 Å². The molecule has 0 bridgehead atoms. The Balaban J connectivity index is 1.93. The molecule has 0 aliphatic carbocycles. The monoisotopic (exact) mass is 325 g/mol.